The van der Waals surface area contributed by atoms with Crippen LogP contribution in [-0.2, 0) is 6.54 Å². The van der Waals surface area contributed by atoms with Gasteiger partial charge in [-0.2, -0.15) is 0 Å². The Labute approximate surface area is 94.0 Å². The molecule has 0 aliphatic rings. The van der Waals surface area contributed by atoms with E-state index in [4.69, 9.17) is 10.2 Å². The first-order chi connectivity index (χ1) is 7.09. The highest BCUT2D eigenvalue weighted by molar-refractivity contribution is 7.09. The molecule has 0 saturated heterocycles. The number of thiazole rings is 1. The van der Waals surface area contributed by atoms with Crippen molar-refractivity contribution in [3.63, 3.8) is 0 Å². The molecule has 1 rings (SSSR count). The van der Waals surface area contributed by atoms with Gasteiger partial charge in [-0.3, -0.25) is 0 Å². The van der Waals surface area contributed by atoms with E-state index in [1.54, 1.807) is 11.3 Å². The summed E-state index contributed by atoms with van der Waals surface area (Å²) in [7, 11) is 0. The minimum atomic E-state index is -0.453. The van der Waals surface area contributed by atoms with Gasteiger partial charge in [-0.25, -0.2) is 4.98 Å². The Hall–Kier alpha value is -0.490. The Morgan fingerprint density at radius 2 is 2.13 bits per heavy atom. The number of aryl methyl sites for hydroxylation is 1. The van der Waals surface area contributed by atoms with Crippen molar-refractivity contribution in [1.82, 2.24) is 10.3 Å². The van der Waals surface area contributed by atoms with Crippen LogP contribution in [0.1, 0.15) is 17.6 Å². The zero-order valence-corrected chi connectivity index (χ0v) is 9.97. The zero-order chi connectivity index (χ0) is 11.3. The van der Waals surface area contributed by atoms with Crippen LogP contribution in [0.25, 0.3) is 0 Å². The molecule has 1 aromatic heterocycles. The summed E-state index contributed by atoms with van der Waals surface area (Å²) < 4.78 is 0. The van der Waals surface area contributed by atoms with E-state index in [1.807, 2.05) is 19.2 Å². The normalized spacial score (nSPS) is 12.0. The fraction of sp³-hybridized carbons (Fsp3) is 0.700. The molecule has 0 atom stereocenters. The van der Waals surface area contributed by atoms with Crippen LogP contribution < -0.4 is 5.32 Å². The van der Waals surface area contributed by atoms with Crippen molar-refractivity contribution in [3.8, 4) is 0 Å². The third-order valence-corrected chi connectivity index (χ3v) is 3.11. The lowest BCUT2D eigenvalue weighted by atomic mass is 9.93. The van der Waals surface area contributed by atoms with Gasteiger partial charge in [0.2, 0.25) is 0 Å². The second kappa shape index (κ2) is 5.55. The Balaban J connectivity index is 2.32. The molecule has 3 N–H and O–H groups in total. The second-order valence-electron chi connectivity index (χ2n) is 4.09. The predicted molar refractivity (Wildman–Crippen MR) is 60.8 cm³/mol. The highest BCUT2D eigenvalue weighted by atomic mass is 32.1. The minimum Gasteiger partial charge on any atom is -0.396 e. The number of nitrogens with zero attached hydrogens (tertiary/aromatic N) is 1. The third kappa shape index (κ3) is 3.87. The van der Waals surface area contributed by atoms with Crippen LogP contribution in [0.2, 0.25) is 0 Å². The maximum atomic E-state index is 9.07. The highest BCUT2D eigenvalue weighted by Crippen LogP contribution is 2.13. The molecular weight excluding hydrogens is 212 g/mol. The molecule has 0 aromatic carbocycles. The Bertz CT molecular complexity index is 297. The summed E-state index contributed by atoms with van der Waals surface area (Å²) in [5.41, 5.74) is 0.557. The lowest BCUT2D eigenvalue weighted by molar-refractivity contribution is 0.0694. The summed E-state index contributed by atoms with van der Waals surface area (Å²) in [5, 5.41) is 24.4. The molecule has 0 fully saturated rings. The number of aliphatic hydroxyl groups excluding tert-OH is 2. The van der Waals surface area contributed by atoms with Crippen molar-refractivity contribution in [2.45, 2.75) is 20.4 Å². The SMILES string of the molecule is Cc1nc(CNCC(C)(CO)CO)cs1. The molecular formula is C10H18N2O2S. The van der Waals surface area contributed by atoms with Crippen molar-refractivity contribution in [3.05, 3.63) is 16.1 Å². The average Bonchev–Trinajstić information content (AvgIpc) is 2.64. The molecule has 0 radical (unpaired) electrons. The molecule has 0 aliphatic heterocycles. The zero-order valence-electron chi connectivity index (χ0n) is 9.16. The van der Waals surface area contributed by atoms with Crippen LogP contribution in [0.5, 0.6) is 0 Å². The van der Waals surface area contributed by atoms with Gasteiger partial charge >= 0.3 is 0 Å². The highest BCUT2D eigenvalue weighted by Gasteiger charge is 2.21. The summed E-state index contributed by atoms with van der Waals surface area (Å²) in [5.74, 6) is 0. The lowest BCUT2D eigenvalue weighted by Crippen LogP contribution is -2.37. The fourth-order valence-corrected chi connectivity index (χ4v) is 1.76. The van der Waals surface area contributed by atoms with E-state index >= 15 is 0 Å². The van der Waals surface area contributed by atoms with Gasteiger partial charge in [-0.1, -0.05) is 6.92 Å². The van der Waals surface area contributed by atoms with Crippen LogP contribution in [0.4, 0.5) is 0 Å². The monoisotopic (exact) mass is 230 g/mol. The van der Waals surface area contributed by atoms with Crippen LogP contribution in [0.15, 0.2) is 5.38 Å². The minimum absolute atomic E-state index is 0.0212. The topological polar surface area (TPSA) is 65.4 Å². The number of hydrogen-bond acceptors (Lipinski definition) is 5. The number of hydrogen-bond donors (Lipinski definition) is 3. The van der Waals surface area contributed by atoms with Crippen molar-refractivity contribution in [2.24, 2.45) is 5.41 Å². The van der Waals surface area contributed by atoms with E-state index < -0.39 is 5.41 Å². The van der Waals surface area contributed by atoms with E-state index in [1.165, 1.54) is 0 Å². The van der Waals surface area contributed by atoms with Crippen LogP contribution in [0.3, 0.4) is 0 Å². The predicted octanol–water partition coefficient (Wildman–Crippen LogP) is 0.532. The molecule has 0 bridgehead atoms. The van der Waals surface area contributed by atoms with Gasteiger partial charge in [0.1, 0.15) is 0 Å². The maximum Gasteiger partial charge on any atom is 0.0897 e. The van der Waals surface area contributed by atoms with Crippen molar-refractivity contribution >= 4 is 11.3 Å². The molecule has 5 heteroatoms. The van der Waals surface area contributed by atoms with Crippen molar-refractivity contribution in [2.75, 3.05) is 19.8 Å². The smallest absolute Gasteiger partial charge is 0.0897 e. The first-order valence-electron chi connectivity index (χ1n) is 4.93. The summed E-state index contributed by atoms with van der Waals surface area (Å²) in [6.07, 6.45) is 0. The first kappa shape index (κ1) is 12.6. The molecule has 1 heterocycles. The van der Waals surface area contributed by atoms with Gasteiger partial charge < -0.3 is 15.5 Å². The molecule has 0 aliphatic carbocycles. The molecule has 0 unspecified atom stereocenters. The Kier molecular flexibility index (Phi) is 4.66. The third-order valence-electron chi connectivity index (χ3n) is 2.29. The lowest BCUT2D eigenvalue weighted by Gasteiger charge is -2.24. The number of nitrogens with one attached hydrogen (secondary N) is 1. The van der Waals surface area contributed by atoms with E-state index in [2.05, 4.69) is 10.3 Å². The molecule has 86 valence electrons. The van der Waals surface area contributed by atoms with Gasteiger partial charge in [-0.05, 0) is 6.92 Å². The fourth-order valence-electron chi connectivity index (χ4n) is 1.14. The largest absolute Gasteiger partial charge is 0.396 e. The Morgan fingerprint density at radius 1 is 1.47 bits per heavy atom. The summed E-state index contributed by atoms with van der Waals surface area (Å²) in [6.45, 7) is 5.03. The van der Waals surface area contributed by atoms with Crippen LogP contribution >= 0.6 is 11.3 Å². The number of aliphatic hydroxyl groups is 2. The standard InChI is InChI=1S/C10H18N2O2S/c1-8-12-9(4-15-8)3-11-5-10(2,6-13)7-14/h4,11,13-14H,3,5-7H2,1-2H3. The second-order valence-corrected chi connectivity index (χ2v) is 5.15. The van der Waals surface area contributed by atoms with Crippen LogP contribution in [0, 0.1) is 12.3 Å². The van der Waals surface area contributed by atoms with Gasteiger partial charge in [-0.15, -0.1) is 11.3 Å². The summed E-state index contributed by atoms with van der Waals surface area (Å²) >= 11 is 1.62. The molecule has 0 amide bonds. The molecule has 1 aromatic rings. The van der Waals surface area contributed by atoms with Gasteiger partial charge in [0, 0.05) is 23.9 Å². The molecule has 0 saturated carbocycles. The molecule has 15 heavy (non-hydrogen) atoms. The maximum absolute atomic E-state index is 9.07. The quantitative estimate of drug-likeness (QED) is 0.667. The molecule has 4 nitrogen and oxygen atoms in total. The summed E-state index contributed by atoms with van der Waals surface area (Å²) in [6, 6.07) is 0. The van der Waals surface area contributed by atoms with Crippen molar-refractivity contribution < 1.29 is 10.2 Å². The van der Waals surface area contributed by atoms with Crippen LogP contribution in [-0.4, -0.2) is 35.0 Å². The number of rotatable bonds is 6. The number of aromatic nitrogens is 1. The van der Waals surface area contributed by atoms with Gasteiger partial charge in [0.25, 0.3) is 0 Å². The average molecular weight is 230 g/mol. The van der Waals surface area contributed by atoms with Gasteiger partial charge in [0.15, 0.2) is 0 Å². The Morgan fingerprint density at radius 3 is 2.60 bits per heavy atom. The molecule has 0 spiro atoms. The van der Waals surface area contributed by atoms with Crippen molar-refractivity contribution in [1.29, 1.82) is 0 Å². The first-order valence-corrected chi connectivity index (χ1v) is 5.81. The summed E-state index contributed by atoms with van der Waals surface area (Å²) in [4.78, 5) is 4.31. The van der Waals surface area contributed by atoms with E-state index in [0.717, 1.165) is 10.7 Å². The van der Waals surface area contributed by atoms with E-state index in [-0.39, 0.29) is 13.2 Å². The van der Waals surface area contributed by atoms with E-state index in [0.29, 0.717) is 13.1 Å². The van der Waals surface area contributed by atoms with Gasteiger partial charge in [0.05, 0.1) is 23.9 Å². The van der Waals surface area contributed by atoms with E-state index in [9.17, 15) is 0 Å².